The van der Waals surface area contributed by atoms with Gasteiger partial charge in [0.1, 0.15) is 17.7 Å². The Morgan fingerprint density at radius 2 is 1.80 bits per heavy atom. The van der Waals surface area contributed by atoms with Crippen LogP contribution < -0.4 is 15.2 Å². The molecule has 1 rings (SSSR count). The highest BCUT2D eigenvalue weighted by Crippen LogP contribution is 2.32. The van der Waals surface area contributed by atoms with Crippen LogP contribution in [-0.2, 0) is 4.74 Å². The van der Waals surface area contributed by atoms with Crippen LogP contribution in [0.4, 0.5) is 0 Å². The molecule has 1 unspecified atom stereocenters. The standard InChI is InChI=1S/C11H17NO3/c1-7-5-8(13-2)6-9(14-3)10(7)11(12)15-4/h5-6,11H,12H2,1-4H3. The summed E-state index contributed by atoms with van der Waals surface area (Å²) in [6.45, 7) is 1.94. The van der Waals surface area contributed by atoms with Crippen molar-refractivity contribution in [2.24, 2.45) is 5.73 Å². The minimum Gasteiger partial charge on any atom is -0.497 e. The average Bonchev–Trinajstić information content (AvgIpc) is 2.26. The molecule has 84 valence electrons. The molecule has 15 heavy (non-hydrogen) atoms. The number of nitrogens with two attached hydrogens (primary N) is 1. The van der Waals surface area contributed by atoms with Gasteiger partial charge in [0.05, 0.1) is 14.2 Å². The van der Waals surface area contributed by atoms with Crippen LogP contribution in [0.5, 0.6) is 11.5 Å². The normalized spacial score (nSPS) is 12.3. The van der Waals surface area contributed by atoms with E-state index < -0.39 is 6.23 Å². The summed E-state index contributed by atoms with van der Waals surface area (Å²) < 4.78 is 15.5. The molecule has 4 nitrogen and oxygen atoms in total. The van der Waals surface area contributed by atoms with Crippen LogP contribution in [0, 0.1) is 6.92 Å². The SMILES string of the molecule is COc1cc(C)c(C(N)OC)c(OC)c1. The van der Waals surface area contributed by atoms with Crippen molar-refractivity contribution in [3.8, 4) is 11.5 Å². The van der Waals surface area contributed by atoms with E-state index in [4.69, 9.17) is 19.9 Å². The molecule has 0 radical (unpaired) electrons. The monoisotopic (exact) mass is 211 g/mol. The topological polar surface area (TPSA) is 53.7 Å². The molecule has 4 heteroatoms. The lowest BCUT2D eigenvalue weighted by Crippen LogP contribution is -2.15. The second kappa shape index (κ2) is 5.00. The van der Waals surface area contributed by atoms with Gasteiger partial charge in [0, 0.05) is 18.7 Å². The zero-order valence-corrected chi connectivity index (χ0v) is 9.53. The summed E-state index contributed by atoms with van der Waals surface area (Å²) in [6.07, 6.45) is -0.481. The largest absolute Gasteiger partial charge is 0.497 e. The molecule has 1 aromatic carbocycles. The first-order valence-corrected chi connectivity index (χ1v) is 4.65. The molecule has 0 aliphatic heterocycles. The van der Waals surface area contributed by atoms with Crippen LogP contribution in [0.25, 0.3) is 0 Å². The Balaban J connectivity index is 3.24. The van der Waals surface area contributed by atoms with Crippen molar-refractivity contribution in [1.29, 1.82) is 0 Å². The molecule has 0 amide bonds. The number of ether oxygens (including phenoxy) is 3. The number of aryl methyl sites for hydroxylation is 1. The van der Waals surface area contributed by atoms with E-state index >= 15 is 0 Å². The Bertz CT molecular complexity index is 339. The minimum absolute atomic E-state index is 0.481. The van der Waals surface area contributed by atoms with E-state index in [1.807, 2.05) is 13.0 Å². The third-order valence-electron chi connectivity index (χ3n) is 2.32. The Hall–Kier alpha value is -1.26. The highest BCUT2D eigenvalue weighted by atomic mass is 16.5. The molecule has 1 atom stereocenters. The highest BCUT2D eigenvalue weighted by Gasteiger charge is 2.15. The molecule has 0 saturated heterocycles. The van der Waals surface area contributed by atoms with Crippen molar-refractivity contribution in [2.75, 3.05) is 21.3 Å². The van der Waals surface area contributed by atoms with Crippen LogP contribution in [0.3, 0.4) is 0 Å². The third-order valence-corrected chi connectivity index (χ3v) is 2.32. The second-order valence-corrected chi connectivity index (χ2v) is 3.22. The zero-order chi connectivity index (χ0) is 11.4. The Morgan fingerprint density at radius 3 is 2.27 bits per heavy atom. The Morgan fingerprint density at radius 1 is 1.13 bits per heavy atom. The molecule has 1 aromatic rings. The lowest BCUT2D eigenvalue weighted by Gasteiger charge is -2.17. The Kier molecular flexibility index (Phi) is 3.94. The van der Waals surface area contributed by atoms with E-state index in [1.54, 1.807) is 27.4 Å². The van der Waals surface area contributed by atoms with Gasteiger partial charge >= 0.3 is 0 Å². The lowest BCUT2D eigenvalue weighted by molar-refractivity contribution is 0.106. The molecule has 0 fully saturated rings. The van der Waals surface area contributed by atoms with E-state index in [0.29, 0.717) is 5.75 Å². The van der Waals surface area contributed by atoms with Crippen molar-refractivity contribution in [3.63, 3.8) is 0 Å². The smallest absolute Gasteiger partial charge is 0.135 e. The van der Waals surface area contributed by atoms with Crippen molar-refractivity contribution in [2.45, 2.75) is 13.2 Å². The van der Waals surface area contributed by atoms with E-state index in [2.05, 4.69) is 0 Å². The molecular formula is C11H17NO3. The number of methoxy groups -OCH3 is 3. The first-order valence-electron chi connectivity index (χ1n) is 4.65. The van der Waals surface area contributed by atoms with Gasteiger partial charge in [-0.3, -0.25) is 0 Å². The molecule has 0 saturated carbocycles. The molecule has 0 spiro atoms. The fourth-order valence-electron chi connectivity index (χ4n) is 1.50. The van der Waals surface area contributed by atoms with Gasteiger partial charge in [-0.2, -0.15) is 0 Å². The van der Waals surface area contributed by atoms with Gasteiger partial charge in [0.25, 0.3) is 0 Å². The van der Waals surface area contributed by atoms with Crippen molar-refractivity contribution in [1.82, 2.24) is 0 Å². The van der Waals surface area contributed by atoms with Gasteiger partial charge in [-0.05, 0) is 18.6 Å². The maximum atomic E-state index is 5.82. The lowest BCUT2D eigenvalue weighted by atomic mass is 10.1. The van der Waals surface area contributed by atoms with Crippen LogP contribution in [-0.4, -0.2) is 21.3 Å². The van der Waals surface area contributed by atoms with E-state index in [-0.39, 0.29) is 0 Å². The molecule has 0 aliphatic carbocycles. The molecule has 0 bridgehead atoms. The van der Waals surface area contributed by atoms with E-state index in [9.17, 15) is 0 Å². The average molecular weight is 211 g/mol. The molecule has 0 aromatic heterocycles. The number of hydrogen-bond donors (Lipinski definition) is 1. The predicted molar refractivity (Wildman–Crippen MR) is 58.2 cm³/mol. The molecule has 2 N–H and O–H groups in total. The van der Waals surface area contributed by atoms with Crippen molar-refractivity contribution < 1.29 is 14.2 Å². The van der Waals surface area contributed by atoms with Gasteiger partial charge in [0.2, 0.25) is 0 Å². The maximum absolute atomic E-state index is 5.82. The highest BCUT2D eigenvalue weighted by molar-refractivity contribution is 5.47. The summed E-state index contributed by atoms with van der Waals surface area (Å²) in [5.74, 6) is 1.43. The van der Waals surface area contributed by atoms with E-state index in [0.717, 1.165) is 16.9 Å². The van der Waals surface area contributed by atoms with Crippen molar-refractivity contribution in [3.05, 3.63) is 23.3 Å². The molecule has 0 aliphatic rings. The number of benzene rings is 1. The quantitative estimate of drug-likeness (QED) is 0.769. The van der Waals surface area contributed by atoms with Gasteiger partial charge in [0.15, 0.2) is 0 Å². The summed E-state index contributed by atoms with van der Waals surface area (Å²) in [6, 6.07) is 3.69. The second-order valence-electron chi connectivity index (χ2n) is 3.22. The molecule has 0 heterocycles. The predicted octanol–water partition coefficient (Wildman–Crippen LogP) is 1.62. The van der Waals surface area contributed by atoms with Gasteiger partial charge < -0.3 is 19.9 Å². The Labute approximate surface area is 89.9 Å². The first kappa shape index (κ1) is 11.8. The van der Waals surface area contributed by atoms with Gasteiger partial charge in [-0.15, -0.1) is 0 Å². The third kappa shape index (κ3) is 2.40. The minimum atomic E-state index is -0.481. The van der Waals surface area contributed by atoms with Crippen molar-refractivity contribution >= 4 is 0 Å². The summed E-state index contributed by atoms with van der Waals surface area (Å²) >= 11 is 0. The van der Waals surface area contributed by atoms with Gasteiger partial charge in [-0.25, -0.2) is 0 Å². The van der Waals surface area contributed by atoms with Crippen LogP contribution in [0.15, 0.2) is 12.1 Å². The summed E-state index contributed by atoms with van der Waals surface area (Å²) in [5.41, 5.74) is 7.65. The summed E-state index contributed by atoms with van der Waals surface area (Å²) in [5, 5.41) is 0. The fraction of sp³-hybridized carbons (Fsp3) is 0.455. The van der Waals surface area contributed by atoms with Crippen LogP contribution in [0.1, 0.15) is 17.4 Å². The molecular weight excluding hydrogens is 194 g/mol. The summed E-state index contributed by atoms with van der Waals surface area (Å²) in [7, 11) is 4.78. The zero-order valence-electron chi connectivity index (χ0n) is 9.53. The summed E-state index contributed by atoms with van der Waals surface area (Å²) in [4.78, 5) is 0. The fourth-order valence-corrected chi connectivity index (χ4v) is 1.50. The van der Waals surface area contributed by atoms with E-state index in [1.165, 1.54) is 0 Å². The van der Waals surface area contributed by atoms with Crippen LogP contribution in [0.2, 0.25) is 0 Å². The van der Waals surface area contributed by atoms with Gasteiger partial charge in [-0.1, -0.05) is 0 Å². The first-order chi connectivity index (χ1) is 7.13. The maximum Gasteiger partial charge on any atom is 0.135 e. The van der Waals surface area contributed by atoms with Crippen LogP contribution >= 0.6 is 0 Å². The number of hydrogen-bond acceptors (Lipinski definition) is 4. The number of rotatable bonds is 4.